The number of hydrogen-bond acceptors (Lipinski definition) is 5. The fourth-order valence-electron chi connectivity index (χ4n) is 1.29. The number of amides is 1. The molecule has 88 valence electrons. The van der Waals surface area contributed by atoms with E-state index in [0.717, 1.165) is 5.12 Å². The van der Waals surface area contributed by atoms with Gasteiger partial charge < -0.3 is 10.6 Å². The van der Waals surface area contributed by atoms with E-state index in [1.165, 1.54) is 0 Å². The van der Waals surface area contributed by atoms with Crippen LogP contribution in [0.2, 0.25) is 0 Å². The van der Waals surface area contributed by atoms with Gasteiger partial charge in [-0.3, -0.25) is 4.79 Å². The summed E-state index contributed by atoms with van der Waals surface area (Å²) in [6, 6.07) is 6.90. The maximum Gasteiger partial charge on any atom is 0.253 e. The second-order valence-electron chi connectivity index (χ2n) is 3.28. The van der Waals surface area contributed by atoms with Crippen molar-refractivity contribution in [1.29, 1.82) is 0 Å². The van der Waals surface area contributed by atoms with Crippen molar-refractivity contribution in [2.45, 2.75) is 0 Å². The Labute approximate surface area is 94.5 Å². The molecule has 0 aromatic heterocycles. The molecule has 0 radical (unpaired) electrons. The summed E-state index contributed by atoms with van der Waals surface area (Å²) in [4.78, 5) is 11.8. The number of nitrogens with two attached hydrogens (primary N) is 2. The van der Waals surface area contributed by atoms with Gasteiger partial charge >= 0.3 is 0 Å². The van der Waals surface area contributed by atoms with Crippen molar-refractivity contribution in [1.82, 2.24) is 10.6 Å². The van der Waals surface area contributed by atoms with Crippen LogP contribution in [-0.4, -0.2) is 26.0 Å². The molecule has 0 fully saturated rings. The summed E-state index contributed by atoms with van der Waals surface area (Å²) in [5.74, 6) is 10.7. The molecule has 0 aliphatic carbocycles. The summed E-state index contributed by atoms with van der Waals surface area (Å²) in [7, 11) is 1.82. The molecule has 6 heteroatoms. The van der Waals surface area contributed by atoms with Crippen LogP contribution in [0.5, 0.6) is 0 Å². The third kappa shape index (κ3) is 3.20. The summed E-state index contributed by atoms with van der Waals surface area (Å²) < 4.78 is 0. The van der Waals surface area contributed by atoms with Crippen molar-refractivity contribution in [3.8, 4) is 0 Å². The Morgan fingerprint density at radius 2 is 2.00 bits per heavy atom. The summed E-state index contributed by atoms with van der Waals surface area (Å²) >= 11 is 0. The molecule has 0 saturated carbocycles. The Morgan fingerprint density at radius 3 is 2.62 bits per heavy atom. The number of nitrogens with one attached hydrogen (secondary N) is 2. The molecule has 0 saturated heterocycles. The van der Waals surface area contributed by atoms with Crippen LogP contribution in [0.1, 0.15) is 10.4 Å². The van der Waals surface area contributed by atoms with E-state index in [1.54, 1.807) is 24.3 Å². The monoisotopic (exact) mass is 223 g/mol. The molecular formula is C10H17N5O. The molecule has 0 unspecified atom stereocenters. The van der Waals surface area contributed by atoms with Gasteiger partial charge in [0, 0.05) is 13.1 Å². The largest absolute Gasteiger partial charge is 0.351 e. The summed E-state index contributed by atoms with van der Waals surface area (Å²) in [5.41, 5.74) is 0.952. The molecule has 1 aromatic carbocycles. The van der Waals surface area contributed by atoms with Crippen LogP contribution in [0, 0.1) is 0 Å². The molecule has 1 amide bonds. The molecular weight excluding hydrogens is 206 g/mol. The SMILES string of the molecule is CNCCNC(=O)c1ccccc1N(N)N. The summed E-state index contributed by atoms with van der Waals surface area (Å²) in [6.07, 6.45) is 0. The predicted octanol–water partition coefficient (Wildman–Crippen LogP) is -0.810. The van der Waals surface area contributed by atoms with E-state index in [1.807, 2.05) is 7.05 Å². The molecule has 0 aliphatic heterocycles. The Balaban J connectivity index is 2.74. The zero-order valence-electron chi connectivity index (χ0n) is 9.23. The number of hydrazine groups is 2. The predicted molar refractivity (Wildman–Crippen MR) is 63.6 cm³/mol. The maximum absolute atomic E-state index is 11.8. The number of nitrogens with zero attached hydrogens (tertiary/aromatic N) is 1. The number of benzene rings is 1. The lowest BCUT2D eigenvalue weighted by Gasteiger charge is -2.15. The van der Waals surface area contributed by atoms with Gasteiger partial charge in [0.2, 0.25) is 0 Å². The topological polar surface area (TPSA) is 96.4 Å². The first-order chi connectivity index (χ1) is 7.66. The van der Waals surface area contributed by atoms with Gasteiger partial charge in [0.15, 0.2) is 0 Å². The normalized spacial score (nSPS) is 9.94. The fourth-order valence-corrected chi connectivity index (χ4v) is 1.29. The lowest BCUT2D eigenvalue weighted by Crippen LogP contribution is -2.40. The van der Waals surface area contributed by atoms with Gasteiger partial charge in [-0.05, 0) is 19.2 Å². The van der Waals surface area contributed by atoms with E-state index < -0.39 is 0 Å². The molecule has 16 heavy (non-hydrogen) atoms. The van der Waals surface area contributed by atoms with Gasteiger partial charge in [-0.1, -0.05) is 12.1 Å². The number of carbonyl (C=O) groups is 1. The van der Waals surface area contributed by atoms with Crippen molar-refractivity contribution in [2.24, 2.45) is 11.7 Å². The lowest BCUT2D eigenvalue weighted by molar-refractivity contribution is 0.0954. The first-order valence-electron chi connectivity index (χ1n) is 4.98. The average Bonchev–Trinajstić information content (AvgIpc) is 2.29. The Kier molecular flexibility index (Phi) is 4.71. The molecule has 0 aliphatic rings. The van der Waals surface area contributed by atoms with Crippen LogP contribution in [0.3, 0.4) is 0 Å². The number of rotatable bonds is 5. The second kappa shape index (κ2) is 6.06. The first-order valence-corrected chi connectivity index (χ1v) is 4.98. The van der Waals surface area contributed by atoms with E-state index in [4.69, 9.17) is 11.7 Å². The van der Waals surface area contributed by atoms with Gasteiger partial charge in [-0.2, -0.15) is 0 Å². The molecule has 0 bridgehead atoms. The number of hydrogen-bond donors (Lipinski definition) is 4. The van der Waals surface area contributed by atoms with Crippen LogP contribution in [0.15, 0.2) is 24.3 Å². The third-order valence-electron chi connectivity index (χ3n) is 2.09. The zero-order valence-corrected chi connectivity index (χ0v) is 9.23. The van der Waals surface area contributed by atoms with E-state index >= 15 is 0 Å². The standard InChI is InChI=1S/C10H17N5O/c1-13-6-7-14-10(16)8-4-2-3-5-9(8)15(11)12/h2-5,13H,6-7,11-12H2,1H3,(H,14,16). The fraction of sp³-hybridized carbons (Fsp3) is 0.300. The van der Waals surface area contributed by atoms with E-state index in [9.17, 15) is 4.79 Å². The number of carbonyl (C=O) groups excluding carboxylic acids is 1. The molecule has 0 heterocycles. The van der Waals surface area contributed by atoms with Crippen LogP contribution >= 0.6 is 0 Å². The maximum atomic E-state index is 11.8. The van der Waals surface area contributed by atoms with Crippen molar-refractivity contribution in [3.05, 3.63) is 29.8 Å². The van der Waals surface area contributed by atoms with E-state index in [2.05, 4.69) is 10.6 Å². The molecule has 6 nitrogen and oxygen atoms in total. The molecule has 6 N–H and O–H groups in total. The van der Waals surface area contributed by atoms with Gasteiger partial charge in [-0.15, -0.1) is 0 Å². The average molecular weight is 223 g/mol. The Bertz CT molecular complexity index is 353. The van der Waals surface area contributed by atoms with Crippen molar-refractivity contribution in [2.75, 3.05) is 25.3 Å². The van der Waals surface area contributed by atoms with Gasteiger partial charge in [0.1, 0.15) is 0 Å². The number of para-hydroxylation sites is 1. The first kappa shape index (κ1) is 12.4. The number of anilines is 1. The van der Waals surface area contributed by atoms with Crippen LogP contribution in [-0.2, 0) is 0 Å². The van der Waals surface area contributed by atoms with E-state index in [0.29, 0.717) is 24.3 Å². The summed E-state index contributed by atoms with van der Waals surface area (Å²) in [6.45, 7) is 1.27. The van der Waals surface area contributed by atoms with Gasteiger partial charge in [0.05, 0.1) is 11.3 Å². The van der Waals surface area contributed by atoms with Crippen LogP contribution in [0.25, 0.3) is 0 Å². The minimum Gasteiger partial charge on any atom is -0.351 e. The van der Waals surface area contributed by atoms with Crippen molar-refractivity contribution in [3.63, 3.8) is 0 Å². The van der Waals surface area contributed by atoms with Gasteiger partial charge in [-0.25, -0.2) is 16.8 Å². The molecule has 1 rings (SSSR count). The molecule has 0 atom stereocenters. The minimum absolute atomic E-state index is 0.188. The highest BCUT2D eigenvalue weighted by atomic mass is 16.1. The number of likely N-dealkylation sites (N-methyl/N-ethyl adjacent to an activating group) is 1. The van der Waals surface area contributed by atoms with E-state index in [-0.39, 0.29) is 5.91 Å². The highest BCUT2D eigenvalue weighted by Crippen LogP contribution is 2.15. The van der Waals surface area contributed by atoms with Crippen LogP contribution in [0.4, 0.5) is 5.69 Å². The van der Waals surface area contributed by atoms with Crippen LogP contribution < -0.4 is 27.4 Å². The third-order valence-corrected chi connectivity index (χ3v) is 2.09. The quantitative estimate of drug-likeness (QED) is 0.297. The molecule has 1 aromatic rings. The zero-order chi connectivity index (χ0) is 12.0. The smallest absolute Gasteiger partial charge is 0.253 e. The Morgan fingerprint density at radius 1 is 1.31 bits per heavy atom. The van der Waals surface area contributed by atoms with Gasteiger partial charge in [0.25, 0.3) is 5.91 Å². The highest BCUT2D eigenvalue weighted by Gasteiger charge is 2.11. The highest BCUT2D eigenvalue weighted by molar-refractivity contribution is 5.99. The second-order valence-corrected chi connectivity index (χ2v) is 3.28. The van der Waals surface area contributed by atoms with Crippen molar-refractivity contribution < 1.29 is 4.79 Å². The molecule has 0 spiro atoms. The summed E-state index contributed by atoms with van der Waals surface area (Å²) in [5, 5.41) is 6.63. The Hall–Kier alpha value is -1.63. The minimum atomic E-state index is -0.188. The van der Waals surface area contributed by atoms with Crippen molar-refractivity contribution >= 4 is 11.6 Å². The lowest BCUT2D eigenvalue weighted by atomic mass is 10.1.